The normalized spacial score (nSPS) is 11.0. The Morgan fingerprint density at radius 3 is 2.26 bits per heavy atom. The highest BCUT2D eigenvalue weighted by Crippen LogP contribution is 2.08. The predicted molar refractivity (Wildman–Crippen MR) is 124 cm³/mol. The molecule has 0 fully saturated rings. The number of nitrogens with zero attached hydrogens (tertiary/aromatic N) is 2. The van der Waals surface area contributed by atoms with Gasteiger partial charge in [0.15, 0.2) is 5.96 Å². The Morgan fingerprint density at radius 2 is 1.63 bits per heavy atom. The third-order valence-corrected chi connectivity index (χ3v) is 3.83. The average Bonchev–Trinajstić information content (AvgIpc) is 2.65. The molecule has 5 nitrogen and oxygen atoms in total. The van der Waals surface area contributed by atoms with Crippen LogP contribution in [0.25, 0.3) is 0 Å². The van der Waals surface area contributed by atoms with E-state index in [0.29, 0.717) is 6.61 Å². The van der Waals surface area contributed by atoms with Crippen molar-refractivity contribution in [3.63, 3.8) is 0 Å². The summed E-state index contributed by atoms with van der Waals surface area (Å²) in [6, 6.07) is 18.6. The molecule has 0 aliphatic carbocycles. The standard InChI is InChI=1S/C21H30N4O.HI/c1-22-21(23-14-7-15-26-20-8-5-4-6-9-20)24-16-18-10-12-19(13-11-18)17-25(2)3;/h4-6,8-13H,7,14-17H2,1-3H3,(H2,22,23,24);1H. The Labute approximate surface area is 180 Å². The number of guanidine groups is 1. The van der Waals surface area contributed by atoms with Gasteiger partial charge in [0.25, 0.3) is 0 Å². The van der Waals surface area contributed by atoms with Crippen molar-refractivity contribution in [2.75, 3.05) is 34.3 Å². The molecule has 0 aromatic heterocycles. The van der Waals surface area contributed by atoms with Crippen LogP contribution in [0.4, 0.5) is 0 Å². The van der Waals surface area contributed by atoms with Crippen LogP contribution in [0.2, 0.25) is 0 Å². The number of benzene rings is 2. The molecular weight excluding hydrogens is 451 g/mol. The molecule has 2 aromatic rings. The lowest BCUT2D eigenvalue weighted by molar-refractivity contribution is 0.311. The van der Waals surface area contributed by atoms with Crippen LogP contribution in [0.5, 0.6) is 5.75 Å². The summed E-state index contributed by atoms with van der Waals surface area (Å²) >= 11 is 0. The highest BCUT2D eigenvalue weighted by atomic mass is 127. The molecule has 6 heteroatoms. The Kier molecular flexibility index (Phi) is 11.5. The molecule has 0 unspecified atom stereocenters. The molecule has 27 heavy (non-hydrogen) atoms. The minimum Gasteiger partial charge on any atom is -0.494 e. The number of ether oxygens (including phenoxy) is 1. The lowest BCUT2D eigenvalue weighted by Crippen LogP contribution is -2.37. The fraction of sp³-hybridized carbons (Fsp3) is 0.381. The molecule has 148 valence electrons. The molecule has 2 N–H and O–H groups in total. The van der Waals surface area contributed by atoms with Crippen molar-refractivity contribution in [2.45, 2.75) is 19.5 Å². The Bertz CT molecular complexity index is 660. The van der Waals surface area contributed by atoms with Gasteiger partial charge in [-0.25, -0.2) is 0 Å². The number of rotatable bonds is 9. The van der Waals surface area contributed by atoms with E-state index >= 15 is 0 Å². The topological polar surface area (TPSA) is 48.9 Å². The second-order valence-electron chi connectivity index (χ2n) is 6.42. The van der Waals surface area contributed by atoms with Gasteiger partial charge in [-0.05, 0) is 43.8 Å². The van der Waals surface area contributed by atoms with Gasteiger partial charge >= 0.3 is 0 Å². The lowest BCUT2D eigenvalue weighted by atomic mass is 10.1. The zero-order valence-electron chi connectivity index (χ0n) is 16.4. The second kappa shape index (κ2) is 13.4. The largest absolute Gasteiger partial charge is 0.494 e. The molecule has 0 heterocycles. The quantitative estimate of drug-likeness (QED) is 0.249. The van der Waals surface area contributed by atoms with Crippen molar-refractivity contribution in [3.05, 3.63) is 65.7 Å². The summed E-state index contributed by atoms with van der Waals surface area (Å²) in [5, 5.41) is 6.66. The zero-order chi connectivity index (χ0) is 18.6. The molecule has 0 radical (unpaired) electrons. The summed E-state index contributed by atoms with van der Waals surface area (Å²) in [5.41, 5.74) is 2.56. The van der Waals surface area contributed by atoms with E-state index in [1.165, 1.54) is 11.1 Å². The van der Waals surface area contributed by atoms with Crippen molar-refractivity contribution < 1.29 is 4.74 Å². The van der Waals surface area contributed by atoms with Crippen molar-refractivity contribution in [1.82, 2.24) is 15.5 Å². The first-order valence-electron chi connectivity index (χ1n) is 9.02. The van der Waals surface area contributed by atoms with Crippen LogP contribution < -0.4 is 15.4 Å². The van der Waals surface area contributed by atoms with Crippen molar-refractivity contribution in [2.24, 2.45) is 4.99 Å². The van der Waals surface area contributed by atoms with Gasteiger partial charge in [-0.2, -0.15) is 0 Å². The van der Waals surface area contributed by atoms with E-state index in [1.54, 1.807) is 7.05 Å². The van der Waals surface area contributed by atoms with Gasteiger partial charge in [0.05, 0.1) is 6.61 Å². The summed E-state index contributed by atoms with van der Waals surface area (Å²) in [4.78, 5) is 6.43. The summed E-state index contributed by atoms with van der Waals surface area (Å²) < 4.78 is 5.69. The minimum atomic E-state index is 0. The van der Waals surface area contributed by atoms with Gasteiger partial charge in [-0.1, -0.05) is 42.5 Å². The second-order valence-corrected chi connectivity index (χ2v) is 6.42. The van der Waals surface area contributed by atoms with Crippen LogP contribution in [-0.4, -0.2) is 45.2 Å². The first-order valence-corrected chi connectivity index (χ1v) is 9.02. The number of hydrogen-bond acceptors (Lipinski definition) is 3. The first-order chi connectivity index (χ1) is 12.7. The molecule has 2 rings (SSSR count). The Hall–Kier alpha value is -1.80. The maximum atomic E-state index is 5.69. The van der Waals surface area contributed by atoms with Crippen LogP contribution in [0.3, 0.4) is 0 Å². The Balaban J connectivity index is 0.00000364. The minimum absolute atomic E-state index is 0. The molecule has 0 saturated heterocycles. The number of halogens is 1. The van der Waals surface area contributed by atoms with Crippen LogP contribution in [0.1, 0.15) is 17.5 Å². The smallest absolute Gasteiger partial charge is 0.191 e. The van der Waals surface area contributed by atoms with E-state index in [2.05, 4.69) is 58.9 Å². The fourth-order valence-corrected chi connectivity index (χ4v) is 2.52. The number of para-hydroxylation sites is 1. The third kappa shape index (κ3) is 9.63. The molecule has 2 aromatic carbocycles. The molecule has 0 atom stereocenters. The number of hydrogen-bond donors (Lipinski definition) is 2. The maximum absolute atomic E-state index is 5.69. The first kappa shape index (κ1) is 23.2. The van der Waals surface area contributed by atoms with Gasteiger partial charge in [0, 0.05) is 26.7 Å². The fourth-order valence-electron chi connectivity index (χ4n) is 2.52. The van der Waals surface area contributed by atoms with E-state index in [9.17, 15) is 0 Å². The molecule has 0 aliphatic heterocycles. The number of aliphatic imine (C=N–C) groups is 1. The van der Waals surface area contributed by atoms with Gasteiger partial charge in [0.2, 0.25) is 0 Å². The summed E-state index contributed by atoms with van der Waals surface area (Å²) in [6.07, 6.45) is 0.912. The van der Waals surface area contributed by atoms with E-state index in [4.69, 9.17) is 4.74 Å². The molecule has 0 bridgehead atoms. The summed E-state index contributed by atoms with van der Waals surface area (Å²) in [5.74, 6) is 1.72. The van der Waals surface area contributed by atoms with Crippen molar-refractivity contribution >= 4 is 29.9 Å². The van der Waals surface area contributed by atoms with E-state index in [-0.39, 0.29) is 24.0 Å². The predicted octanol–water partition coefficient (Wildman–Crippen LogP) is 3.50. The van der Waals surface area contributed by atoms with E-state index in [1.807, 2.05) is 30.3 Å². The van der Waals surface area contributed by atoms with Gasteiger partial charge in [0.1, 0.15) is 5.75 Å². The van der Waals surface area contributed by atoms with Gasteiger partial charge in [-0.3, -0.25) is 4.99 Å². The summed E-state index contributed by atoms with van der Waals surface area (Å²) in [6.45, 7) is 3.21. The highest BCUT2D eigenvalue weighted by Gasteiger charge is 2.00. The molecule has 0 amide bonds. The highest BCUT2D eigenvalue weighted by molar-refractivity contribution is 14.0. The molecule has 0 aliphatic rings. The molecular formula is C21H31IN4O. The molecule has 0 spiro atoms. The average molecular weight is 482 g/mol. The van der Waals surface area contributed by atoms with Crippen molar-refractivity contribution in [3.8, 4) is 5.75 Å². The zero-order valence-corrected chi connectivity index (χ0v) is 18.8. The SMILES string of the molecule is CN=C(NCCCOc1ccccc1)NCc1ccc(CN(C)C)cc1.I. The van der Waals surface area contributed by atoms with E-state index < -0.39 is 0 Å². The maximum Gasteiger partial charge on any atom is 0.191 e. The lowest BCUT2D eigenvalue weighted by Gasteiger charge is -2.13. The van der Waals surface area contributed by atoms with Crippen LogP contribution in [0, 0.1) is 0 Å². The van der Waals surface area contributed by atoms with E-state index in [0.717, 1.165) is 37.8 Å². The third-order valence-electron chi connectivity index (χ3n) is 3.83. The van der Waals surface area contributed by atoms with Gasteiger partial charge < -0.3 is 20.3 Å². The van der Waals surface area contributed by atoms with Gasteiger partial charge in [-0.15, -0.1) is 24.0 Å². The monoisotopic (exact) mass is 482 g/mol. The summed E-state index contributed by atoms with van der Waals surface area (Å²) in [7, 11) is 5.95. The van der Waals surface area contributed by atoms with Crippen LogP contribution >= 0.6 is 24.0 Å². The molecule has 0 saturated carbocycles. The number of nitrogens with one attached hydrogen (secondary N) is 2. The Morgan fingerprint density at radius 1 is 0.963 bits per heavy atom. The van der Waals surface area contributed by atoms with Crippen molar-refractivity contribution in [1.29, 1.82) is 0 Å². The van der Waals surface area contributed by atoms with Crippen LogP contribution in [-0.2, 0) is 13.1 Å². The van der Waals surface area contributed by atoms with Crippen LogP contribution in [0.15, 0.2) is 59.6 Å².